The number of amidine groups is 3. The van der Waals surface area contributed by atoms with Gasteiger partial charge in [0.15, 0.2) is 5.84 Å². The Morgan fingerprint density at radius 3 is 2.86 bits per heavy atom. The molecule has 0 spiro atoms. The zero-order chi connectivity index (χ0) is 20.3. The Labute approximate surface area is 169 Å². The maximum absolute atomic E-state index is 11.4. The van der Waals surface area contributed by atoms with E-state index < -0.39 is 5.91 Å². The van der Waals surface area contributed by atoms with E-state index in [0.717, 1.165) is 11.4 Å². The van der Waals surface area contributed by atoms with Crippen LogP contribution in [-0.2, 0) is 4.74 Å². The minimum Gasteiger partial charge on any atom is -0.377 e. The SMILES string of the molecule is C=C(N=C1N=C(Cl)N=C(N2CCOC[C@@H]2C)/C1=C/C)c1cccc(C(N)=O)c1. The molecule has 0 aromatic heterocycles. The van der Waals surface area contributed by atoms with Crippen LogP contribution in [0.25, 0.3) is 5.70 Å². The normalized spacial score (nSPS) is 22.8. The average Bonchev–Trinajstić information content (AvgIpc) is 2.68. The van der Waals surface area contributed by atoms with E-state index in [1.807, 2.05) is 13.0 Å². The summed E-state index contributed by atoms with van der Waals surface area (Å²) in [6.45, 7) is 9.92. The average molecular weight is 400 g/mol. The van der Waals surface area contributed by atoms with E-state index in [-0.39, 0.29) is 11.3 Å². The molecule has 1 aromatic carbocycles. The molecule has 0 bridgehead atoms. The van der Waals surface area contributed by atoms with Crippen molar-refractivity contribution in [1.82, 2.24) is 4.90 Å². The third kappa shape index (κ3) is 4.21. The summed E-state index contributed by atoms with van der Waals surface area (Å²) in [5.74, 6) is 0.632. The van der Waals surface area contributed by atoms with Gasteiger partial charge in [-0.05, 0) is 37.6 Å². The molecule has 1 saturated heterocycles. The van der Waals surface area contributed by atoms with Crippen molar-refractivity contribution < 1.29 is 9.53 Å². The lowest BCUT2D eigenvalue weighted by molar-refractivity contribution is 0.0335. The van der Waals surface area contributed by atoms with Gasteiger partial charge in [0.05, 0.1) is 30.5 Å². The molecule has 2 aliphatic heterocycles. The number of halogens is 1. The summed E-state index contributed by atoms with van der Waals surface area (Å²) in [5, 5.41) is 0.108. The van der Waals surface area contributed by atoms with Gasteiger partial charge in [0, 0.05) is 17.7 Å². The summed E-state index contributed by atoms with van der Waals surface area (Å²) in [6, 6.07) is 6.99. The van der Waals surface area contributed by atoms with Crippen LogP contribution in [0.1, 0.15) is 29.8 Å². The Kier molecular flexibility index (Phi) is 6.06. The van der Waals surface area contributed by atoms with Crippen molar-refractivity contribution in [3.05, 3.63) is 53.6 Å². The van der Waals surface area contributed by atoms with Gasteiger partial charge in [0.25, 0.3) is 0 Å². The van der Waals surface area contributed by atoms with E-state index in [4.69, 9.17) is 22.1 Å². The molecule has 2 N–H and O–H groups in total. The highest BCUT2D eigenvalue weighted by Crippen LogP contribution is 2.22. The maximum atomic E-state index is 11.4. The van der Waals surface area contributed by atoms with Gasteiger partial charge in [-0.2, -0.15) is 9.98 Å². The second-order valence-electron chi connectivity index (χ2n) is 6.46. The number of ether oxygens (including phenoxy) is 1. The highest BCUT2D eigenvalue weighted by molar-refractivity contribution is 6.67. The zero-order valence-corrected chi connectivity index (χ0v) is 16.6. The molecule has 2 aliphatic rings. The number of hydrogen-bond donors (Lipinski definition) is 1. The molecular weight excluding hydrogens is 378 g/mol. The molecule has 8 heteroatoms. The van der Waals surface area contributed by atoms with E-state index >= 15 is 0 Å². The number of amides is 1. The first-order valence-electron chi connectivity index (χ1n) is 8.93. The van der Waals surface area contributed by atoms with Crippen LogP contribution in [0.4, 0.5) is 0 Å². The molecule has 7 nitrogen and oxygen atoms in total. The lowest BCUT2D eigenvalue weighted by atomic mass is 10.1. The minimum absolute atomic E-state index is 0.108. The highest BCUT2D eigenvalue weighted by atomic mass is 35.5. The standard InChI is InChI=1S/C20H22ClN5O2/c1-4-16-18(23-13(3)14-6-5-7-15(10-14)17(22)27)24-20(21)25-19(16)26-8-9-28-11-12(26)2/h4-7,10,12H,3,8-9,11H2,1-2H3,(H2,22,27)/b16-4+,23-18?/t12-/m0/s1. The number of hydrogen-bond acceptors (Lipinski definition) is 5. The number of nitrogens with zero attached hydrogens (tertiary/aromatic N) is 4. The first-order valence-corrected chi connectivity index (χ1v) is 9.30. The van der Waals surface area contributed by atoms with Crippen LogP contribution in [0.2, 0.25) is 0 Å². The van der Waals surface area contributed by atoms with Crippen molar-refractivity contribution >= 4 is 40.2 Å². The maximum Gasteiger partial charge on any atom is 0.248 e. The molecule has 0 saturated carbocycles. The fourth-order valence-electron chi connectivity index (χ4n) is 3.07. The summed E-state index contributed by atoms with van der Waals surface area (Å²) in [6.07, 6.45) is 1.90. The first-order chi connectivity index (χ1) is 13.4. The lowest BCUT2D eigenvalue weighted by Gasteiger charge is -2.37. The van der Waals surface area contributed by atoms with Gasteiger partial charge in [0.2, 0.25) is 11.2 Å². The Morgan fingerprint density at radius 2 is 2.18 bits per heavy atom. The number of primary amides is 1. The first kappa shape index (κ1) is 20.0. The number of carbonyl (C=O) groups is 1. The van der Waals surface area contributed by atoms with Crippen LogP contribution < -0.4 is 5.73 Å². The fourth-order valence-corrected chi connectivity index (χ4v) is 3.23. The predicted octanol–water partition coefficient (Wildman–Crippen LogP) is 2.83. The van der Waals surface area contributed by atoms with Crippen molar-refractivity contribution in [3.8, 4) is 0 Å². The Balaban J connectivity index is 1.95. The van der Waals surface area contributed by atoms with Gasteiger partial charge >= 0.3 is 0 Å². The topological polar surface area (TPSA) is 92.6 Å². The lowest BCUT2D eigenvalue weighted by Crippen LogP contribution is -2.49. The van der Waals surface area contributed by atoms with E-state index in [2.05, 4.69) is 33.4 Å². The smallest absolute Gasteiger partial charge is 0.248 e. The van der Waals surface area contributed by atoms with E-state index in [9.17, 15) is 4.79 Å². The summed E-state index contributed by atoms with van der Waals surface area (Å²) in [5.41, 5.74) is 7.64. The number of allylic oxidation sites excluding steroid dienone is 1. The fraction of sp³-hybridized carbons (Fsp3) is 0.300. The number of nitrogens with two attached hydrogens (primary N) is 1. The molecule has 1 fully saturated rings. The van der Waals surface area contributed by atoms with Crippen LogP contribution in [0.15, 0.2) is 57.5 Å². The molecule has 1 amide bonds. The number of benzene rings is 1. The summed E-state index contributed by atoms with van der Waals surface area (Å²) >= 11 is 6.20. The molecule has 28 heavy (non-hydrogen) atoms. The molecule has 0 aliphatic carbocycles. The van der Waals surface area contributed by atoms with Crippen molar-refractivity contribution in [3.63, 3.8) is 0 Å². The van der Waals surface area contributed by atoms with Crippen molar-refractivity contribution in [2.45, 2.75) is 19.9 Å². The Morgan fingerprint density at radius 1 is 1.43 bits per heavy atom. The number of carbonyl (C=O) groups excluding carboxylic acids is 1. The molecule has 0 radical (unpaired) electrons. The summed E-state index contributed by atoms with van der Waals surface area (Å²) in [4.78, 5) is 26.9. The number of morpholine rings is 1. The van der Waals surface area contributed by atoms with E-state index in [0.29, 0.717) is 42.4 Å². The van der Waals surface area contributed by atoms with Gasteiger partial charge in [-0.25, -0.2) is 4.99 Å². The van der Waals surface area contributed by atoms with E-state index in [1.165, 1.54) is 0 Å². The second-order valence-corrected chi connectivity index (χ2v) is 6.80. The molecule has 146 valence electrons. The van der Waals surface area contributed by atoms with Crippen LogP contribution in [0.3, 0.4) is 0 Å². The van der Waals surface area contributed by atoms with Gasteiger partial charge in [-0.15, -0.1) is 0 Å². The van der Waals surface area contributed by atoms with Crippen LogP contribution in [-0.4, -0.2) is 53.6 Å². The van der Waals surface area contributed by atoms with Gasteiger partial charge in [-0.3, -0.25) is 4.79 Å². The predicted molar refractivity (Wildman–Crippen MR) is 113 cm³/mol. The molecule has 0 unspecified atom stereocenters. The molecule has 3 rings (SSSR count). The van der Waals surface area contributed by atoms with Crippen LogP contribution in [0, 0.1) is 0 Å². The number of aliphatic imine (C=N–C) groups is 3. The third-order valence-corrected chi connectivity index (χ3v) is 4.70. The van der Waals surface area contributed by atoms with Gasteiger partial charge in [0.1, 0.15) is 5.84 Å². The quantitative estimate of drug-likeness (QED) is 0.792. The monoisotopic (exact) mass is 399 g/mol. The molecule has 2 heterocycles. The van der Waals surface area contributed by atoms with Crippen molar-refractivity contribution in [1.29, 1.82) is 0 Å². The van der Waals surface area contributed by atoms with Crippen LogP contribution >= 0.6 is 11.6 Å². The summed E-state index contributed by atoms with van der Waals surface area (Å²) < 4.78 is 5.52. The highest BCUT2D eigenvalue weighted by Gasteiger charge is 2.29. The summed E-state index contributed by atoms with van der Waals surface area (Å²) in [7, 11) is 0. The minimum atomic E-state index is -0.508. The molecule has 1 aromatic rings. The van der Waals surface area contributed by atoms with Crippen LogP contribution in [0.5, 0.6) is 0 Å². The molecular formula is C20H22ClN5O2. The Hall–Kier alpha value is -2.77. The van der Waals surface area contributed by atoms with Crippen molar-refractivity contribution in [2.24, 2.45) is 20.7 Å². The van der Waals surface area contributed by atoms with Gasteiger partial charge in [-0.1, -0.05) is 24.8 Å². The van der Waals surface area contributed by atoms with Crippen molar-refractivity contribution in [2.75, 3.05) is 19.8 Å². The van der Waals surface area contributed by atoms with Gasteiger partial charge < -0.3 is 15.4 Å². The number of rotatable bonds is 3. The third-order valence-electron chi connectivity index (χ3n) is 4.53. The second kappa shape index (κ2) is 8.50. The Bertz CT molecular complexity index is 932. The zero-order valence-electron chi connectivity index (χ0n) is 15.9. The molecule has 1 atom stereocenters. The van der Waals surface area contributed by atoms with E-state index in [1.54, 1.807) is 24.3 Å². The largest absolute Gasteiger partial charge is 0.377 e.